The van der Waals surface area contributed by atoms with Crippen LogP contribution in [0.5, 0.6) is 0 Å². The third kappa shape index (κ3) is 2.95. The van der Waals surface area contributed by atoms with Gasteiger partial charge in [-0.05, 0) is 60.8 Å². The van der Waals surface area contributed by atoms with Crippen LogP contribution in [-0.4, -0.2) is 29.0 Å². The lowest BCUT2D eigenvalue weighted by molar-refractivity contribution is -0.388. The molecule has 1 aliphatic rings. The first-order chi connectivity index (χ1) is 8.68. The maximum absolute atomic E-state index is 10.9. The molecular formula is C12H18N4O2. The van der Waals surface area contributed by atoms with E-state index in [4.69, 9.17) is 0 Å². The monoisotopic (exact) mass is 250 g/mol. The minimum atomic E-state index is -0.450. The minimum Gasteiger partial charge on any atom is -0.375 e. The van der Waals surface area contributed by atoms with Gasteiger partial charge in [-0.3, -0.25) is 0 Å². The Labute approximate surface area is 106 Å². The van der Waals surface area contributed by atoms with E-state index in [1.807, 2.05) is 0 Å². The van der Waals surface area contributed by atoms with Gasteiger partial charge in [-0.2, -0.15) is 0 Å². The summed E-state index contributed by atoms with van der Waals surface area (Å²) in [5, 5.41) is 17.4. The molecular weight excluding hydrogens is 232 g/mol. The molecule has 0 aromatic carbocycles. The number of aromatic nitrogens is 1. The highest BCUT2D eigenvalue weighted by molar-refractivity contribution is 5.57. The number of hydrogen-bond donors (Lipinski definition) is 2. The third-order valence-corrected chi connectivity index (χ3v) is 3.38. The molecule has 2 rings (SSSR count). The predicted molar refractivity (Wildman–Crippen MR) is 69.6 cm³/mol. The Morgan fingerprint density at radius 3 is 3.17 bits per heavy atom. The Kier molecular flexibility index (Phi) is 4.09. The number of piperidine rings is 1. The number of hydrogen-bond acceptors (Lipinski definition) is 5. The topological polar surface area (TPSA) is 80.1 Å². The summed E-state index contributed by atoms with van der Waals surface area (Å²) in [7, 11) is 0. The second-order valence-electron chi connectivity index (χ2n) is 4.67. The lowest BCUT2D eigenvalue weighted by atomic mass is 9.92. The summed E-state index contributed by atoms with van der Waals surface area (Å²) in [5.41, 5.74) is 0.501. The molecule has 0 saturated carbocycles. The van der Waals surface area contributed by atoms with E-state index < -0.39 is 4.92 Å². The summed E-state index contributed by atoms with van der Waals surface area (Å²) < 4.78 is 0. The number of pyridine rings is 1. The van der Waals surface area contributed by atoms with Crippen LogP contribution in [0, 0.1) is 16.0 Å². The Bertz CT molecular complexity index is 418. The molecule has 2 N–H and O–H groups in total. The van der Waals surface area contributed by atoms with Crippen molar-refractivity contribution in [2.75, 3.05) is 18.4 Å². The number of nitro groups is 1. The molecule has 1 aliphatic heterocycles. The molecule has 0 aliphatic carbocycles. The highest BCUT2D eigenvalue weighted by Gasteiger charge is 2.22. The molecule has 1 fully saturated rings. The Hall–Kier alpha value is -1.69. The largest absolute Gasteiger partial charge is 0.386 e. The highest BCUT2D eigenvalue weighted by Crippen LogP contribution is 2.24. The minimum absolute atomic E-state index is 0.104. The summed E-state index contributed by atoms with van der Waals surface area (Å²) in [4.78, 5) is 14.2. The normalized spacial score (nSPS) is 21.3. The Morgan fingerprint density at radius 1 is 1.67 bits per heavy atom. The van der Waals surface area contributed by atoms with Crippen LogP contribution in [0.3, 0.4) is 0 Å². The zero-order valence-corrected chi connectivity index (χ0v) is 10.4. The molecule has 1 saturated heterocycles. The van der Waals surface area contributed by atoms with E-state index >= 15 is 0 Å². The number of nitrogens with zero attached hydrogens (tertiary/aromatic N) is 2. The molecule has 98 valence electrons. The van der Waals surface area contributed by atoms with E-state index in [9.17, 15) is 10.1 Å². The van der Waals surface area contributed by atoms with Gasteiger partial charge in [0, 0.05) is 6.04 Å². The first-order valence-electron chi connectivity index (χ1n) is 6.25. The molecule has 18 heavy (non-hydrogen) atoms. The Morgan fingerprint density at radius 2 is 2.50 bits per heavy atom. The predicted octanol–water partition coefficient (Wildman–Crippen LogP) is 1.79. The summed E-state index contributed by atoms with van der Waals surface area (Å²) in [6, 6.07) is 3.61. The van der Waals surface area contributed by atoms with Crippen molar-refractivity contribution in [3.05, 3.63) is 28.4 Å². The average molecular weight is 250 g/mol. The summed E-state index contributed by atoms with van der Waals surface area (Å²) in [6.45, 7) is 4.09. The second kappa shape index (κ2) is 5.77. The van der Waals surface area contributed by atoms with Gasteiger partial charge in [0.15, 0.2) is 0 Å². The molecule has 2 heterocycles. The van der Waals surface area contributed by atoms with Crippen molar-refractivity contribution in [1.82, 2.24) is 10.3 Å². The zero-order chi connectivity index (χ0) is 13.0. The lowest BCUT2D eigenvalue weighted by Gasteiger charge is -2.29. The molecule has 1 aromatic rings. The SMILES string of the molecule is CC(Nc1cccnc1[N+](=O)[O-])C1CCCNC1. The van der Waals surface area contributed by atoms with Crippen LogP contribution in [-0.2, 0) is 0 Å². The highest BCUT2D eigenvalue weighted by atomic mass is 16.6. The van der Waals surface area contributed by atoms with Crippen LogP contribution in [0.1, 0.15) is 19.8 Å². The molecule has 2 unspecified atom stereocenters. The van der Waals surface area contributed by atoms with E-state index in [1.165, 1.54) is 6.20 Å². The molecule has 6 nitrogen and oxygen atoms in total. The van der Waals surface area contributed by atoms with Crippen LogP contribution in [0.4, 0.5) is 11.5 Å². The standard InChI is InChI=1S/C12H18N4O2/c1-9(10-4-2-6-13-8-10)15-11-5-3-7-14-12(11)16(17)18/h3,5,7,9-10,13,15H,2,4,6,8H2,1H3. The fourth-order valence-corrected chi connectivity index (χ4v) is 2.32. The number of rotatable bonds is 4. The summed E-state index contributed by atoms with van der Waals surface area (Å²) >= 11 is 0. The third-order valence-electron chi connectivity index (χ3n) is 3.38. The number of anilines is 1. The van der Waals surface area contributed by atoms with E-state index in [2.05, 4.69) is 22.5 Å². The quantitative estimate of drug-likeness (QED) is 0.629. The molecule has 0 radical (unpaired) electrons. The average Bonchev–Trinajstić information content (AvgIpc) is 2.40. The van der Waals surface area contributed by atoms with Crippen molar-refractivity contribution < 1.29 is 4.92 Å². The number of nitrogens with one attached hydrogen (secondary N) is 2. The molecule has 0 spiro atoms. The summed E-state index contributed by atoms with van der Waals surface area (Å²) in [6.07, 6.45) is 3.75. The molecule has 1 aromatic heterocycles. The van der Waals surface area contributed by atoms with Crippen LogP contribution >= 0.6 is 0 Å². The maximum atomic E-state index is 10.9. The van der Waals surface area contributed by atoms with Gasteiger partial charge in [0.25, 0.3) is 0 Å². The molecule has 6 heteroatoms. The van der Waals surface area contributed by atoms with Crippen molar-refractivity contribution in [1.29, 1.82) is 0 Å². The van der Waals surface area contributed by atoms with E-state index in [1.54, 1.807) is 12.1 Å². The van der Waals surface area contributed by atoms with Crippen LogP contribution in [0.25, 0.3) is 0 Å². The van der Waals surface area contributed by atoms with Crippen molar-refractivity contribution in [3.63, 3.8) is 0 Å². The van der Waals surface area contributed by atoms with Gasteiger partial charge in [-0.1, -0.05) is 0 Å². The van der Waals surface area contributed by atoms with Crippen molar-refractivity contribution in [3.8, 4) is 0 Å². The van der Waals surface area contributed by atoms with Gasteiger partial charge in [0.1, 0.15) is 11.9 Å². The molecule has 0 bridgehead atoms. The fourth-order valence-electron chi connectivity index (χ4n) is 2.32. The second-order valence-corrected chi connectivity index (χ2v) is 4.67. The first kappa shape index (κ1) is 12.8. The van der Waals surface area contributed by atoms with Gasteiger partial charge >= 0.3 is 5.82 Å². The van der Waals surface area contributed by atoms with E-state index in [0.717, 1.165) is 25.9 Å². The smallest absolute Gasteiger partial charge is 0.375 e. The van der Waals surface area contributed by atoms with Crippen LogP contribution in [0.15, 0.2) is 18.3 Å². The van der Waals surface area contributed by atoms with Gasteiger partial charge in [0.05, 0.1) is 0 Å². The van der Waals surface area contributed by atoms with Gasteiger partial charge in [-0.25, -0.2) is 0 Å². The zero-order valence-electron chi connectivity index (χ0n) is 10.4. The van der Waals surface area contributed by atoms with Crippen molar-refractivity contribution in [2.24, 2.45) is 5.92 Å². The lowest BCUT2D eigenvalue weighted by Crippen LogP contribution is -2.38. The first-order valence-corrected chi connectivity index (χ1v) is 6.25. The van der Waals surface area contributed by atoms with Crippen LogP contribution < -0.4 is 10.6 Å². The molecule has 2 atom stereocenters. The van der Waals surface area contributed by atoms with Gasteiger partial charge < -0.3 is 20.7 Å². The fraction of sp³-hybridized carbons (Fsp3) is 0.583. The van der Waals surface area contributed by atoms with E-state index in [-0.39, 0.29) is 11.9 Å². The van der Waals surface area contributed by atoms with Crippen LogP contribution in [0.2, 0.25) is 0 Å². The van der Waals surface area contributed by atoms with Gasteiger partial charge in [0.2, 0.25) is 0 Å². The maximum Gasteiger partial charge on any atom is 0.386 e. The molecule has 0 amide bonds. The van der Waals surface area contributed by atoms with Crippen molar-refractivity contribution >= 4 is 11.5 Å². The van der Waals surface area contributed by atoms with E-state index in [0.29, 0.717) is 11.6 Å². The van der Waals surface area contributed by atoms with Gasteiger partial charge in [-0.15, -0.1) is 0 Å². The van der Waals surface area contributed by atoms with Crippen molar-refractivity contribution in [2.45, 2.75) is 25.8 Å². The summed E-state index contributed by atoms with van der Waals surface area (Å²) in [5.74, 6) is 0.395. The Balaban J connectivity index is 2.06.